The molecule has 0 saturated heterocycles. The fourth-order valence-electron chi connectivity index (χ4n) is 1.82. The summed E-state index contributed by atoms with van der Waals surface area (Å²) in [4.78, 5) is 0.264. The molecule has 0 aliphatic rings. The Hall–Kier alpha value is -0.920. The lowest BCUT2D eigenvalue weighted by atomic mass is 10.1. The van der Waals surface area contributed by atoms with Crippen molar-refractivity contribution >= 4 is 10.0 Å². The first-order valence-electron chi connectivity index (χ1n) is 7.11. The first-order chi connectivity index (χ1) is 9.41. The average Bonchev–Trinajstić information content (AvgIpc) is 2.88. The van der Waals surface area contributed by atoms with Gasteiger partial charge < -0.3 is 5.32 Å². The van der Waals surface area contributed by atoms with Crippen LogP contribution in [0.3, 0.4) is 0 Å². The van der Waals surface area contributed by atoms with E-state index in [-0.39, 0.29) is 4.90 Å². The maximum Gasteiger partial charge on any atom is 0.245 e. The Morgan fingerprint density at radius 3 is 2.75 bits per heavy atom. The minimum absolute atomic E-state index is 0.264. The van der Waals surface area contributed by atoms with Crippen LogP contribution < -0.4 is 5.32 Å². The van der Waals surface area contributed by atoms with Crippen molar-refractivity contribution in [3.05, 3.63) is 12.4 Å². The predicted molar refractivity (Wildman–Crippen MR) is 80.0 cm³/mol. The summed E-state index contributed by atoms with van der Waals surface area (Å²) in [6, 6.07) is 0. The van der Waals surface area contributed by atoms with Gasteiger partial charge in [0.2, 0.25) is 10.0 Å². The molecule has 0 radical (unpaired) electrons. The highest BCUT2D eigenvalue weighted by atomic mass is 32.2. The SMILES string of the molecule is CCNCCn1cc(S(=O)(=O)N(C)CC(C)CC)cn1. The second-order valence-electron chi connectivity index (χ2n) is 5.09. The second kappa shape index (κ2) is 7.75. The van der Waals surface area contributed by atoms with Crippen LogP contribution in [0.1, 0.15) is 27.2 Å². The van der Waals surface area contributed by atoms with Crippen molar-refractivity contribution in [3.63, 3.8) is 0 Å². The van der Waals surface area contributed by atoms with E-state index in [4.69, 9.17) is 0 Å². The summed E-state index contributed by atoms with van der Waals surface area (Å²) < 4.78 is 27.8. The van der Waals surface area contributed by atoms with Gasteiger partial charge in [-0.25, -0.2) is 12.7 Å². The van der Waals surface area contributed by atoms with Crippen molar-refractivity contribution in [1.82, 2.24) is 19.4 Å². The molecule has 7 heteroatoms. The molecule has 6 nitrogen and oxygen atoms in total. The number of nitrogens with one attached hydrogen (secondary N) is 1. The zero-order valence-corrected chi connectivity index (χ0v) is 13.7. The summed E-state index contributed by atoms with van der Waals surface area (Å²) in [6.07, 6.45) is 3.98. The lowest BCUT2D eigenvalue weighted by Crippen LogP contribution is -2.30. The number of nitrogens with zero attached hydrogens (tertiary/aromatic N) is 3. The van der Waals surface area contributed by atoms with Gasteiger partial charge in [-0.1, -0.05) is 27.2 Å². The van der Waals surface area contributed by atoms with Gasteiger partial charge in [0.15, 0.2) is 0 Å². The Kier molecular flexibility index (Phi) is 6.64. The third kappa shape index (κ3) is 4.57. The fraction of sp³-hybridized carbons (Fsp3) is 0.769. The molecule has 0 aliphatic carbocycles. The van der Waals surface area contributed by atoms with Gasteiger partial charge in [0.1, 0.15) is 4.90 Å². The molecule has 1 rings (SSSR count). The molecule has 1 heterocycles. The van der Waals surface area contributed by atoms with Gasteiger partial charge in [0.25, 0.3) is 0 Å². The average molecular weight is 302 g/mol. The zero-order valence-electron chi connectivity index (χ0n) is 12.8. The zero-order chi connectivity index (χ0) is 15.2. The summed E-state index contributed by atoms with van der Waals surface area (Å²) in [6.45, 7) is 9.00. The topological polar surface area (TPSA) is 67.2 Å². The predicted octanol–water partition coefficient (Wildman–Crippen LogP) is 1.16. The summed E-state index contributed by atoms with van der Waals surface area (Å²) in [7, 11) is -1.80. The highest BCUT2D eigenvalue weighted by Crippen LogP contribution is 2.15. The maximum atomic E-state index is 12.4. The van der Waals surface area contributed by atoms with E-state index >= 15 is 0 Å². The molecule has 1 aromatic rings. The van der Waals surface area contributed by atoms with E-state index in [1.165, 1.54) is 10.5 Å². The molecule has 0 fully saturated rings. The molecule has 0 bridgehead atoms. The van der Waals surface area contributed by atoms with Crippen molar-refractivity contribution in [3.8, 4) is 0 Å². The van der Waals surface area contributed by atoms with E-state index in [9.17, 15) is 8.42 Å². The Morgan fingerprint density at radius 1 is 1.45 bits per heavy atom. The summed E-state index contributed by atoms with van der Waals surface area (Å²) >= 11 is 0. The van der Waals surface area contributed by atoms with Gasteiger partial charge >= 0.3 is 0 Å². The van der Waals surface area contributed by atoms with Crippen molar-refractivity contribution in [2.24, 2.45) is 5.92 Å². The number of likely N-dealkylation sites (N-methyl/N-ethyl adjacent to an activating group) is 1. The quantitative estimate of drug-likeness (QED) is 0.695. The summed E-state index contributed by atoms with van der Waals surface area (Å²) in [5.74, 6) is 0.346. The van der Waals surface area contributed by atoms with Crippen LogP contribution in [0.4, 0.5) is 0 Å². The largest absolute Gasteiger partial charge is 0.315 e. The first kappa shape index (κ1) is 17.1. The molecule has 0 aliphatic heterocycles. The Bertz CT molecular complexity index is 498. The molecule has 0 amide bonds. The molecule has 0 aromatic carbocycles. The molecule has 0 spiro atoms. The van der Waals surface area contributed by atoms with Gasteiger partial charge in [-0.2, -0.15) is 5.10 Å². The highest BCUT2D eigenvalue weighted by Gasteiger charge is 2.23. The van der Waals surface area contributed by atoms with Crippen LogP contribution in [-0.2, 0) is 16.6 Å². The normalized spacial score (nSPS) is 13.8. The third-order valence-electron chi connectivity index (χ3n) is 3.35. The number of rotatable bonds is 9. The van der Waals surface area contributed by atoms with Gasteiger partial charge in [-0.05, 0) is 12.5 Å². The monoisotopic (exact) mass is 302 g/mol. The molecular formula is C13H26N4O2S. The second-order valence-corrected chi connectivity index (χ2v) is 7.14. The smallest absolute Gasteiger partial charge is 0.245 e. The van der Waals surface area contributed by atoms with Crippen molar-refractivity contribution in [1.29, 1.82) is 0 Å². The van der Waals surface area contributed by atoms with Crippen molar-refractivity contribution < 1.29 is 8.42 Å². The fourth-order valence-corrected chi connectivity index (χ4v) is 3.06. The lowest BCUT2D eigenvalue weighted by molar-refractivity contribution is 0.393. The third-order valence-corrected chi connectivity index (χ3v) is 5.13. The molecule has 1 unspecified atom stereocenters. The maximum absolute atomic E-state index is 12.4. The molecular weight excluding hydrogens is 276 g/mol. The molecule has 1 atom stereocenters. The van der Waals surface area contributed by atoms with Crippen LogP contribution >= 0.6 is 0 Å². The van der Waals surface area contributed by atoms with Crippen LogP contribution in [0.25, 0.3) is 0 Å². The van der Waals surface area contributed by atoms with Crippen LogP contribution in [0, 0.1) is 5.92 Å². The number of sulfonamides is 1. The number of hydrogen-bond acceptors (Lipinski definition) is 4. The summed E-state index contributed by atoms with van der Waals surface area (Å²) in [5.41, 5.74) is 0. The molecule has 116 valence electrons. The molecule has 0 saturated carbocycles. The van der Waals surface area contributed by atoms with Gasteiger partial charge in [0.05, 0.1) is 12.7 Å². The van der Waals surface area contributed by atoms with Crippen LogP contribution in [0.2, 0.25) is 0 Å². The van der Waals surface area contributed by atoms with E-state index in [0.717, 1.165) is 19.5 Å². The highest BCUT2D eigenvalue weighted by molar-refractivity contribution is 7.89. The Balaban J connectivity index is 2.72. The lowest BCUT2D eigenvalue weighted by Gasteiger charge is -2.19. The van der Waals surface area contributed by atoms with Gasteiger partial charge in [-0.3, -0.25) is 4.68 Å². The van der Waals surface area contributed by atoms with E-state index in [1.807, 2.05) is 13.8 Å². The van der Waals surface area contributed by atoms with Crippen LogP contribution in [-0.4, -0.2) is 49.2 Å². The van der Waals surface area contributed by atoms with E-state index in [0.29, 0.717) is 19.0 Å². The van der Waals surface area contributed by atoms with E-state index in [2.05, 4.69) is 17.3 Å². The van der Waals surface area contributed by atoms with E-state index < -0.39 is 10.0 Å². The standard InChI is InChI=1S/C13H26N4O2S/c1-5-12(3)10-16(4)20(18,19)13-9-15-17(11-13)8-7-14-6-2/h9,11-12,14H,5-8,10H2,1-4H3. The Morgan fingerprint density at radius 2 is 2.15 bits per heavy atom. The summed E-state index contributed by atoms with van der Waals surface area (Å²) in [5, 5.41) is 7.29. The molecule has 20 heavy (non-hydrogen) atoms. The molecule has 1 aromatic heterocycles. The Labute approximate surface area is 122 Å². The van der Waals surface area contributed by atoms with Gasteiger partial charge in [-0.15, -0.1) is 0 Å². The minimum atomic E-state index is -3.42. The first-order valence-corrected chi connectivity index (χ1v) is 8.55. The van der Waals surface area contributed by atoms with Crippen molar-refractivity contribution in [2.45, 2.75) is 38.6 Å². The molecule has 1 N–H and O–H groups in total. The number of hydrogen-bond donors (Lipinski definition) is 1. The minimum Gasteiger partial charge on any atom is -0.315 e. The number of aromatic nitrogens is 2. The van der Waals surface area contributed by atoms with Crippen molar-refractivity contribution in [2.75, 3.05) is 26.7 Å². The van der Waals surface area contributed by atoms with Crippen LogP contribution in [0.5, 0.6) is 0 Å². The van der Waals surface area contributed by atoms with Crippen LogP contribution in [0.15, 0.2) is 17.3 Å². The van der Waals surface area contributed by atoms with E-state index in [1.54, 1.807) is 17.9 Å². The van der Waals surface area contributed by atoms with Gasteiger partial charge in [0, 0.05) is 26.3 Å².